The van der Waals surface area contributed by atoms with Gasteiger partial charge in [0, 0.05) is 25.9 Å². The van der Waals surface area contributed by atoms with E-state index in [1.807, 2.05) is 0 Å². The predicted molar refractivity (Wildman–Crippen MR) is 128 cm³/mol. The van der Waals surface area contributed by atoms with E-state index < -0.39 is 72.6 Å². The number of amides is 3. The van der Waals surface area contributed by atoms with Gasteiger partial charge in [0.25, 0.3) is 0 Å². The van der Waals surface area contributed by atoms with E-state index in [4.69, 9.17) is 27.4 Å². The average molecular weight is 530 g/mol. The molecule has 1 fully saturated rings. The highest BCUT2D eigenvalue weighted by Crippen LogP contribution is 2.20. The second kappa shape index (κ2) is 15.2. The molecule has 3 amide bonds. The summed E-state index contributed by atoms with van der Waals surface area (Å²) in [4.78, 5) is 76.9. The molecule has 11 N–H and O–H groups in total. The molecule has 0 aromatic rings. The van der Waals surface area contributed by atoms with Crippen molar-refractivity contribution in [2.45, 2.75) is 75.5 Å². The molecule has 0 aromatic heterocycles. The van der Waals surface area contributed by atoms with Crippen LogP contribution in [-0.4, -0.2) is 99.1 Å². The number of aliphatic carboxylic acids is 3. The Balaban J connectivity index is 2.91. The fourth-order valence-electron chi connectivity index (χ4n) is 3.75. The van der Waals surface area contributed by atoms with Crippen LogP contribution in [0.3, 0.4) is 0 Å². The van der Waals surface area contributed by atoms with Crippen molar-refractivity contribution in [2.24, 2.45) is 22.2 Å². The van der Waals surface area contributed by atoms with E-state index in [1.54, 1.807) is 0 Å². The number of rotatable bonds is 16. The minimum atomic E-state index is -1.47. The highest BCUT2D eigenvalue weighted by atomic mass is 16.4. The summed E-state index contributed by atoms with van der Waals surface area (Å²) in [6.07, 6.45) is -0.382. The Kier molecular flexibility index (Phi) is 12.8. The van der Waals surface area contributed by atoms with Crippen molar-refractivity contribution in [1.82, 2.24) is 15.5 Å². The number of hydrogen-bond donors (Lipinski definition) is 8. The van der Waals surface area contributed by atoms with Gasteiger partial charge < -0.3 is 48.1 Å². The lowest BCUT2D eigenvalue weighted by Crippen LogP contribution is -2.56. The molecule has 16 nitrogen and oxygen atoms in total. The molecule has 0 saturated carbocycles. The number of hydrogen-bond acceptors (Lipinski definition) is 8. The van der Waals surface area contributed by atoms with E-state index in [2.05, 4.69) is 15.6 Å². The molecule has 208 valence electrons. The van der Waals surface area contributed by atoms with E-state index >= 15 is 0 Å². The molecular weight excluding hydrogens is 494 g/mol. The molecule has 4 atom stereocenters. The molecule has 1 heterocycles. The van der Waals surface area contributed by atoms with Gasteiger partial charge in [-0.3, -0.25) is 29.0 Å². The fraction of sp³-hybridized carbons (Fsp3) is 0.667. The molecular formula is C21H35N7O9. The molecule has 0 radical (unpaired) electrons. The molecule has 0 aliphatic carbocycles. The second-order valence-electron chi connectivity index (χ2n) is 8.57. The Morgan fingerprint density at radius 2 is 1.51 bits per heavy atom. The van der Waals surface area contributed by atoms with Crippen molar-refractivity contribution >= 4 is 41.6 Å². The first-order valence-electron chi connectivity index (χ1n) is 11.7. The number of carbonyl (C=O) groups is 6. The lowest BCUT2D eigenvalue weighted by Gasteiger charge is -2.29. The van der Waals surface area contributed by atoms with Crippen LogP contribution in [0.25, 0.3) is 0 Å². The second-order valence-corrected chi connectivity index (χ2v) is 8.57. The highest BCUT2D eigenvalue weighted by Gasteiger charge is 2.39. The maximum atomic E-state index is 13.3. The largest absolute Gasteiger partial charge is 0.481 e. The maximum absolute atomic E-state index is 13.3. The van der Waals surface area contributed by atoms with Crippen molar-refractivity contribution in [2.75, 3.05) is 13.1 Å². The molecule has 1 aliphatic heterocycles. The molecule has 1 saturated heterocycles. The number of carboxylic acids is 3. The van der Waals surface area contributed by atoms with Crippen molar-refractivity contribution in [3.63, 3.8) is 0 Å². The third kappa shape index (κ3) is 11.1. The van der Waals surface area contributed by atoms with Gasteiger partial charge >= 0.3 is 17.9 Å². The smallest absolute Gasteiger partial charge is 0.326 e. The van der Waals surface area contributed by atoms with Crippen LogP contribution in [0.15, 0.2) is 4.99 Å². The van der Waals surface area contributed by atoms with Crippen molar-refractivity contribution < 1.29 is 44.1 Å². The van der Waals surface area contributed by atoms with Crippen LogP contribution in [0, 0.1) is 0 Å². The van der Waals surface area contributed by atoms with Crippen LogP contribution in [0.2, 0.25) is 0 Å². The Morgan fingerprint density at radius 1 is 0.919 bits per heavy atom. The van der Waals surface area contributed by atoms with E-state index in [9.17, 15) is 33.9 Å². The van der Waals surface area contributed by atoms with Crippen molar-refractivity contribution in [3.05, 3.63) is 0 Å². The van der Waals surface area contributed by atoms with Crippen LogP contribution >= 0.6 is 0 Å². The number of nitrogens with zero attached hydrogens (tertiary/aromatic N) is 2. The number of carbonyl (C=O) groups excluding carboxylic acids is 3. The summed E-state index contributed by atoms with van der Waals surface area (Å²) >= 11 is 0. The van der Waals surface area contributed by atoms with Gasteiger partial charge in [-0.1, -0.05) is 0 Å². The normalized spacial score (nSPS) is 17.2. The SMILES string of the molecule is NC(N)=NCCCC(N)C(=O)NC(CCC(=O)O)C(=O)N1CCCC1C(=O)NC(CCC(=O)O)C(=O)O. The van der Waals surface area contributed by atoms with Gasteiger partial charge in [-0.2, -0.15) is 0 Å². The van der Waals surface area contributed by atoms with Gasteiger partial charge in [-0.15, -0.1) is 0 Å². The third-order valence-electron chi connectivity index (χ3n) is 5.67. The Bertz CT molecular complexity index is 892. The van der Waals surface area contributed by atoms with Crippen LogP contribution < -0.4 is 27.8 Å². The molecule has 1 aliphatic rings. The minimum Gasteiger partial charge on any atom is -0.481 e. The first-order chi connectivity index (χ1) is 17.3. The van der Waals surface area contributed by atoms with E-state index in [-0.39, 0.29) is 44.7 Å². The van der Waals surface area contributed by atoms with Crippen LogP contribution in [-0.2, 0) is 28.8 Å². The van der Waals surface area contributed by atoms with Gasteiger partial charge in [0.2, 0.25) is 17.7 Å². The number of nitrogens with two attached hydrogens (primary N) is 3. The molecule has 16 heteroatoms. The van der Waals surface area contributed by atoms with E-state index in [0.717, 1.165) is 4.90 Å². The third-order valence-corrected chi connectivity index (χ3v) is 5.67. The molecule has 0 bridgehead atoms. The zero-order chi connectivity index (χ0) is 28.1. The lowest BCUT2D eigenvalue weighted by atomic mass is 10.1. The molecule has 4 unspecified atom stereocenters. The summed E-state index contributed by atoms with van der Waals surface area (Å²) in [5.41, 5.74) is 16.3. The van der Waals surface area contributed by atoms with Crippen LogP contribution in [0.5, 0.6) is 0 Å². The summed E-state index contributed by atoms with van der Waals surface area (Å²) in [7, 11) is 0. The maximum Gasteiger partial charge on any atom is 0.326 e. The first kappa shape index (κ1) is 31.1. The zero-order valence-electron chi connectivity index (χ0n) is 20.3. The Labute approximate surface area is 212 Å². The number of guanidine groups is 1. The van der Waals surface area contributed by atoms with E-state index in [0.29, 0.717) is 12.8 Å². The average Bonchev–Trinajstić information content (AvgIpc) is 3.30. The standard InChI is InChI=1S/C21H35N7O9/c22-11(3-1-9-25-21(23)24)17(33)26-12(5-7-15(29)30)19(35)28-10-2-4-14(28)18(34)27-13(20(36)37)6-8-16(31)32/h11-14H,1-10,22H2,(H,26,33)(H,27,34)(H,29,30)(H,31,32)(H,36,37)(H4,23,24,25). The van der Waals surface area contributed by atoms with Crippen LogP contribution in [0.1, 0.15) is 51.4 Å². The van der Waals surface area contributed by atoms with Gasteiger partial charge in [0.05, 0.1) is 6.04 Å². The van der Waals surface area contributed by atoms with Gasteiger partial charge in [0.15, 0.2) is 5.96 Å². The lowest BCUT2D eigenvalue weighted by molar-refractivity contribution is -0.145. The monoisotopic (exact) mass is 529 g/mol. The predicted octanol–water partition coefficient (Wildman–Crippen LogP) is -2.86. The topological polar surface area (TPSA) is 281 Å². The first-order valence-corrected chi connectivity index (χ1v) is 11.7. The highest BCUT2D eigenvalue weighted by molar-refractivity contribution is 5.94. The summed E-state index contributed by atoms with van der Waals surface area (Å²) < 4.78 is 0. The number of likely N-dealkylation sites (tertiary alicyclic amines) is 1. The molecule has 1 rings (SSSR count). The van der Waals surface area contributed by atoms with Crippen molar-refractivity contribution in [3.8, 4) is 0 Å². The summed E-state index contributed by atoms with van der Waals surface area (Å²) in [6, 6.07) is -4.86. The minimum absolute atomic E-state index is 0.113. The Morgan fingerprint density at radius 3 is 2.05 bits per heavy atom. The number of aliphatic imine (C=N–C) groups is 1. The zero-order valence-corrected chi connectivity index (χ0v) is 20.3. The summed E-state index contributed by atoms with van der Waals surface area (Å²) in [6.45, 7) is 0.354. The van der Waals surface area contributed by atoms with Crippen molar-refractivity contribution in [1.29, 1.82) is 0 Å². The summed E-state index contributed by atoms with van der Waals surface area (Å²) in [5.74, 6) is -6.17. The fourth-order valence-corrected chi connectivity index (χ4v) is 3.75. The Hall–Kier alpha value is -3.95. The van der Waals surface area contributed by atoms with E-state index in [1.165, 1.54) is 0 Å². The molecule has 37 heavy (non-hydrogen) atoms. The number of carboxylic acid groups (broad SMARTS) is 3. The van der Waals surface area contributed by atoms with Gasteiger partial charge in [0.1, 0.15) is 18.1 Å². The quantitative estimate of drug-likeness (QED) is 0.0569. The van der Waals surface area contributed by atoms with Gasteiger partial charge in [-0.05, 0) is 38.5 Å². The molecule has 0 spiro atoms. The molecule has 0 aromatic carbocycles. The summed E-state index contributed by atoms with van der Waals surface area (Å²) in [5, 5.41) is 31.9. The van der Waals surface area contributed by atoms with Gasteiger partial charge in [-0.25, -0.2) is 4.79 Å². The van der Waals surface area contributed by atoms with Crippen LogP contribution in [0.4, 0.5) is 0 Å². The number of nitrogens with one attached hydrogen (secondary N) is 2.